The maximum Gasteiger partial charge on any atom is 0.338 e. The van der Waals surface area contributed by atoms with Gasteiger partial charge >= 0.3 is 5.97 Å². The highest BCUT2D eigenvalue weighted by atomic mass is 32.1. The fourth-order valence-electron chi connectivity index (χ4n) is 3.94. The predicted octanol–water partition coefficient (Wildman–Crippen LogP) is 3.12. The molecule has 8 heteroatoms. The van der Waals surface area contributed by atoms with E-state index in [2.05, 4.69) is 4.99 Å². The molecule has 0 fully saturated rings. The van der Waals surface area contributed by atoms with Gasteiger partial charge in [-0.25, -0.2) is 9.79 Å². The Morgan fingerprint density at radius 1 is 1.09 bits per heavy atom. The second kappa shape index (κ2) is 9.69. The molecule has 2 aromatic carbocycles. The molecule has 4 rings (SSSR count). The maximum absolute atomic E-state index is 13.6. The molecule has 0 radical (unpaired) electrons. The van der Waals surface area contributed by atoms with Gasteiger partial charge in [-0.05, 0) is 50.1 Å². The number of methoxy groups -OCH3 is 2. The number of allylic oxidation sites excluding steroid dienone is 1. The van der Waals surface area contributed by atoms with Crippen LogP contribution in [0.4, 0.5) is 0 Å². The van der Waals surface area contributed by atoms with Crippen LogP contribution in [0.25, 0.3) is 6.08 Å². The smallest absolute Gasteiger partial charge is 0.338 e. The molecule has 0 amide bonds. The Hall–Kier alpha value is -3.65. The first-order chi connectivity index (χ1) is 16.4. The van der Waals surface area contributed by atoms with Gasteiger partial charge < -0.3 is 14.2 Å². The van der Waals surface area contributed by atoms with E-state index in [1.807, 2.05) is 43.3 Å². The predicted molar refractivity (Wildman–Crippen MR) is 131 cm³/mol. The van der Waals surface area contributed by atoms with E-state index in [1.165, 1.54) is 11.3 Å². The standard InChI is InChI=1S/C26H26N2O5S/c1-6-33-25(30)22-16(3)27-26-28(23(22)18-11-12-19(31-4)20(14-18)32-5)24(29)21(34-26)13-17-9-7-15(2)8-10-17/h7-14,23H,6H2,1-5H3/t23-/m1/s1. The summed E-state index contributed by atoms with van der Waals surface area (Å²) in [4.78, 5) is 31.8. The van der Waals surface area contributed by atoms with Crippen molar-refractivity contribution in [3.05, 3.63) is 90.1 Å². The number of benzene rings is 2. The lowest BCUT2D eigenvalue weighted by Crippen LogP contribution is -2.39. The van der Waals surface area contributed by atoms with Gasteiger partial charge in [-0.1, -0.05) is 47.2 Å². The summed E-state index contributed by atoms with van der Waals surface area (Å²) in [5, 5.41) is 0. The van der Waals surface area contributed by atoms with E-state index < -0.39 is 12.0 Å². The Bertz CT molecular complexity index is 1450. The van der Waals surface area contributed by atoms with E-state index in [-0.39, 0.29) is 12.2 Å². The minimum absolute atomic E-state index is 0.214. The average molecular weight is 479 g/mol. The van der Waals surface area contributed by atoms with Crippen LogP contribution in [0.1, 0.15) is 36.6 Å². The number of carbonyl (C=O) groups excluding carboxylic acids is 1. The Morgan fingerprint density at radius 3 is 2.44 bits per heavy atom. The van der Waals surface area contributed by atoms with Crippen molar-refractivity contribution in [3.63, 3.8) is 0 Å². The summed E-state index contributed by atoms with van der Waals surface area (Å²) < 4.78 is 18.3. The first-order valence-electron chi connectivity index (χ1n) is 10.9. The molecule has 3 aromatic rings. The molecule has 0 unspecified atom stereocenters. The molecule has 0 aliphatic carbocycles. The molecule has 0 saturated heterocycles. The van der Waals surface area contributed by atoms with E-state index in [0.717, 1.165) is 11.1 Å². The van der Waals surface area contributed by atoms with E-state index in [4.69, 9.17) is 14.2 Å². The third kappa shape index (κ3) is 4.28. The molecule has 7 nitrogen and oxygen atoms in total. The number of ether oxygens (including phenoxy) is 3. The number of hydrogen-bond acceptors (Lipinski definition) is 7. The lowest BCUT2D eigenvalue weighted by atomic mass is 9.95. The van der Waals surface area contributed by atoms with Gasteiger partial charge in [0.15, 0.2) is 16.3 Å². The zero-order valence-electron chi connectivity index (χ0n) is 19.7. The van der Waals surface area contributed by atoms with Gasteiger partial charge in [0.25, 0.3) is 5.56 Å². The number of aromatic nitrogens is 1. The summed E-state index contributed by atoms with van der Waals surface area (Å²) in [7, 11) is 3.10. The summed E-state index contributed by atoms with van der Waals surface area (Å²) in [6, 6.07) is 12.6. The molecule has 2 heterocycles. The molecule has 1 aromatic heterocycles. The Labute approximate surface area is 201 Å². The fourth-order valence-corrected chi connectivity index (χ4v) is 4.99. The van der Waals surface area contributed by atoms with Crippen molar-refractivity contribution in [2.45, 2.75) is 26.8 Å². The van der Waals surface area contributed by atoms with Crippen molar-refractivity contribution in [1.82, 2.24) is 4.57 Å². The molecular weight excluding hydrogens is 452 g/mol. The summed E-state index contributed by atoms with van der Waals surface area (Å²) in [5.41, 5.74) is 3.36. The Morgan fingerprint density at radius 2 is 1.79 bits per heavy atom. The lowest BCUT2D eigenvalue weighted by molar-refractivity contribution is -0.139. The SMILES string of the molecule is CCOC(=O)C1=C(C)N=c2sc(=Cc3ccc(C)cc3)c(=O)n2[C@@H]1c1ccc(OC)c(OC)c1. The number of nitrogens with zero attached hydrogens (tertiary/aromatic N) is 2. The van der Waals surface area contributed by atoms with Gasteiger partial charge in [0.2, 0.25) is 0 Å². The van der Waals surface area contributed by atoms with Crippen LogP contribution >= 0.6 is 11.3 Å². The zero-order chi connectivity index (χ0) is 24.4. The quantitative estimate of drug-likeness (QED) is 0.509. The first kappa shape index (κ1) is 23.5. The van der Waals surface area contributed by atoms with Gasteiger partial charge in [-0.2, -0.15) is 0 Å². The number of aryl methyl sites for hydroxylation is 1. The zero-order valence-corrected chi connectivity index (χ0v) is 20.6. The van der Waals surface area contributed by atoms with Crippen LogP contribution in [0.2, 0.25) is 0 Å². The van der Waals surface area contributed by atoms with Crippen LogP contribution in [0, 0.1) is 6.92 Å². The van der Waals surface area contributed by atoms with E-state index in [1.54, 1.807) is 44.8 Å². The van der Waals surface area contributed by atoms with E-state index >= 15 is 0 Å². The molecule has 1 atom stereocenters. The van der Waals surface area contributed by atoms with Gasteiger partial charge in [0.05, 0.1) is 42.7 Å². The molecule has 34 heavy (non-hydrogen) atoms. The van der Waals surface area contributed by atoms with Crippen molar-refractivity contribution in [2.75, 3.05) is 20.8 Å². The number of thiazole rings is 1. The largest absolute Gasteiger partial charge is 0.493 e. The highest BCUT2D eigenvalue weighted by Crippen LogP contribution is 2.36. The monoisotopic (exact) mass is 478 g/mol. The normalized spacial score (nSPS) is 15.6. The van der Waals surface area contributed by atoms with Crippen molar-refractivity contribution in [3.8, 4) is 11.5 Å². The second-order valence-electron chi connectivity index (χ2n) is 7.83. The minimum atomic E-state index is -0.713. The highest BCUT2D eigenvalue weighted by molar-refractivity contribution is 7.07. The van der Waals surface area contributed by atoms with Crippen molar-refractivity contribution in [2.24, 2.45) is 4.99 Å². The average Bonchev–Trinajstić information content (AvgIpc) is 3.13. The van der Waals surface area contributed by atoms with Crippen LogP contribution in [0.3, 0.4) is 0 Å². The van der Waals surface area contributed by atoms with Crippen LogP contribution in [-0.4, -0.2) is 31.4 Å². The topological polar surface area (TPSA) is 79.1 Å². The number of carbonyl (C=O) groups is 1. The summed E-state index contributed by atoms with van der Waals surface area (Å²) in [5.74, 6) is 0.549. The summed E-state index contributed by atoms with van der Waals surface area (Å²) >= 11 is 1.29. The molecule has 1 aliphatic heterocycles. The van der Waals surface area contributed by atoms with Crippen LogP contribution in [0.15, 0.2) is 63.5 Å². The Kier molecular flexibility index (Phi) is 6.70. The van der Waals surface area contributed by atoms with Crippen molar-refractivity contribution >= 4 is 23.4 Å². The van der Waals surface area contributed by atoms with Crippen molar-refractivity contribution < 1.29 is 19.0 Å². The number of esters is 1. The second-order valence-corrected chi connectivity index (χ2v) is 8.84. The number of fused-ring (bicyclic) bond motifs is 1. The molecule has 1 aliphatic rings. The fraction of sp³-hybridized carbons (Fsp3) is 0.269. The molecule has 0 spiro atoms. The third-order valence-electron chi connectivity index (χ3n) is 5.62. The van der Waals surface area contributed by atoms with Gasteiger partial charge in [0.1, 0.15) is 0 Å². The van der Waals surface area contributed by atoms with E-state index in [9.17, 15) is 9.59 Å². The first-order valence-corrected chi connectivity index (χ1v) is 11.7. The summed E-state index contributed by atoms with van der Waals surface area (Å²) in [6.07, 6.45) is 1.85. The lowest BCUT2D eigenvalue weighted by Gasteiger charge is -2.25. The molecule has 0 bridgehead atoms. The third-order valence-corrected chi connectivity index (χ3v) is 6.60. The molecule has 0 saturated carbocycles. The number of rotatable bonds is 6. The van der Waals surface area contributed by atoms with E-state index in [0.29, 0.717) is 37.7 Å². The van der Waals surface area contributed by atoms with Crippen LogP contribution in [-0.2, 0) is 9.53 Å². The Balaban J connectivity index is 1.96. The van der Waals surface area contributed by atoms with Gasteiger partial charge in [-0.3, -0.25) is 9.36 Å². The van der Waals surface area contributed by atoms with Gasteiger partial charge in [0, 0.05) is 0 Å². The molecule has 176 valence electrons. The van der Waals surface area contributed by atoms with Crippen LogP contribution in [0.5, 0.6) is 11.5 Å². The number of hydrogen-bond donors (Lipinski definition) is 0. The molecule has 0 N–H and O–H groups in total. The highest BCUT2D eigenvalue weighted by Gasteiger charge is 2.33. The van der Waals surface area contributed by atoms with Gasteiger partial charge in [-0.15, -0.1) is 0 Å². The van der Waals surface area contributed by atoms with Crippen LogP contribution < -0.4 is 24.4 Å². The summed E-state index contributed by atoms with van der Waals surface area (Å²) in [6.45, 7) is 5.74. The minimum Gasteiger partial charge on any atom is -0.493 e. The molecular formula is C26H26N2O5S. The maximum atomic E-state index is 13.6. The van der Waals surface area contributed by atoms with Crippen molar-refractivity contribution in [1.29, 1.82) is 0 Å².